The summed E-state index contributed by atoms with van der Waals surface area (Å²) >= 11 is 0. The molecule has 0 bridgehead atoms. The highest BCUT2D eigenvalue weighted by Gasteiger charge is 2.43. The molecule has 38 heavy (non-hydrogen) atoms. The van der Waals surface area contributed by atoms with Crippen LogP contribution in [0.25, 0.3) is 0 Å². The Hall–Kier alpha value is -3.10. The molecule has 9 heteroatoms. The zero-order chi connectivity index (χ0) is 28.7. The fraction of sp³-hybridized carbons (Fsp3) is 0.655. The van der Waals surface area contributed by atoms with E-state index in [0.717, 1.165) is 10.5 Å². The van der Waals surface area contributed by atoms with Crippen molar-refractivity contribution in [3.05, 3.63) is 35.9 Å². The Balaban J connectivity index is 2.30. The van der Waals surface area contributed by atoms with Crippen molar-refractivity contribution in [3.8, 4) is 0 Å². The Bertz CT molecular complexity index is 963. The molecule has 1 aliphatic rings. The predicted octanol–water partition coefficient (Wildman–Crippen LogP) is 4.71. The molecular weight excluding hydrogens is 488 g/mol. The molecule has 0 radical (unpaired) electrons. The van der Waals surface area contributed by atoms with Gasteiger partial charge in [-0.05, 0) is 72.3 Å². The summed E-state index contributed by atoms with van der Waals surface area (Å²) in [7, 11) is 0. The molecule has 0 aliphatic carbocycles. The lowest BCUT2D eigenvalue weighted by molar-refractivity contribution is -0.160. The van der Waals surface area contributed by atoms with Crippen LogP contribution in [0.2, 0.25) is 0 Å². The van der Waals surface area contributed by atoms with E-state index < -0.39 is 53.8 Å². The summed E-state index contributed by atoms with van der Waals surface area (Å²) in [5.74, 6) is -1.53. The summed E-state index contributed by atoms with van der Waals surface area (Å²) in [5.41, 5.74) is -0.758. The third-order valence-corrected chi connectivity index (χ3v) is 5.74. The van der Waals surface area contributed by atoms with Gasteiger partial charge in [0.1, 0.15) is 36.4 Å². The van der Waals surface area contributed by atoms with Gasteiger partial charge in [0.15, 0.2) is 0 Å². The average Bonchev–Trinajstić information content (AvgIpc) is 3.27. The normalized spacial score (nSPS) is 16.7. The van der Waals surface area contributed by atoms with Gasteiger partial charge in [-0.15, -0.1) is 0 Å². The van der Waals surface area contributed by atoms with E-state index in [4.69, 9.17) is 14.2 Å². The maximum atomic E-state index is 14.0. The second kappa shape index (κ2) is 13.1. The van der Waals surface area contributed by atoms with Crippen molar-refractivity contribution in [2.75, 3.05) is 13.1 Å². The molecule has 0 saturated carbocycles. The molecule has 212 valence electrons. The number of benzene rings is 1. The first kappa shape index (κ1) is 31.1. The highest BCUT2D eigenvalue weighted by molar-refractivity contribution is 5.91. The number of carbonyl (C=O) groups excluding carboxylic acids is 4. The monoisotopic (exact) mass is 532 g/mol. The first-order chi connectivity index (χ1) is 17.6. The lowest BCUT2D eigenvalue weighted by Crippen LogP contribution is -2.56. The zero-order valence-corrected chi connectivity index (χ0v) is 24.1. The van der Waals surface area contributed by atoms with Crippen molar-refractivity contribution in [1.82, 2.24) is 9.80 Å². The van der Waals surface area contributed by atoms with E-state index in [-0.39, 0.29) is 18.9 Å². The van der Waals surface area contributed by atoms with Gasteiger partial charge in [0.05, 0.1) is 0 Å². The summed E-state index contributed by atoms with van der Waals surface area (Å²) in [4.78, 5) is 55.7. The van der Waals surface area contributed by atoms with Crippen LogP contribution in [0.1, 0.15) is 80.2 Å². The first-order valence-corrected chi connectivity index (χ1v) is 13.3. The molecule has 2 amide bonds. The zero-order valence-electron chi connectivity index (χ0n) is 24.1. The second-order valence-corrected chi connectivity index (χ2v) is 12.1. The van der Waals surface area contributed by atoms with Crippen LogP contribution in [0.4, 0.5) is 4.79 Å². The summed E-state index contributed by atoms with van der Waals surface area (Å²) in [6, 6.07) is 7.55. The lowest BCUT2D eigenvalue weighted by Gasteiger charge is -2.36. The van der Waals surface area contributed by atoms with Crippen molar-refractivity contribution in [1.29, 1.82) is 0 Å². The molecule has 0 aromatic heterocycles. The van der Waals surface area contributed by atoms with Crippen LogP contribution >= 0.6 is 0 Å². The molecule has 0 N–H and O–H groups in total. The van der Waals surface area contributed by atoms with E-state index in [2.05, 4.69) is 0 Å². The highest BCUT2D eigenvalue weighted by atomic mass is 16.6. The fourth-order valence-electron chi connectivity index (χ4n) is 4.24. The third-order valence-electron chi connectivity index (χ3n) is 5.74. The van der Waals surface area contributed by atoms with Gasteiger partial charge in [-0.3, -0.25) is 14.5 Å². The van der Waals surface area contributed by atoms with Gasteiger partial charge in [0.25, 0.3) is 0 Å². The quantitative estimate of drug-likeness (QED) is 0.335. The number of carbonyl (C=O) groups is 4. The van der Waals surface area contributed by atoms with Crippen molar-refractivity contribution >= 4 is 23.9 Å². The van der Waals surface area contributed by atoms with Gasteiger partial charge in [-0.2, -0.15) is 0 Å². The first-order valence-electron chi connectivity index (χ1n) is 13.3. The van der Waals surface area contributed by atoms with Gasteiger partial charge in [-0.25, -0.2) is 9.59 Å². The molecule has 9 nitrogen and oxygen atoms in total. The van der Waals surface area contributed by atoms with Gasteiger partial charge in [0.2, 0.25) is 5.91 Å². The van der Waals surface area contributed by atoms with E-state index in [9.17, 15) is 19.2 Å². The average molecular weight is 533 g/mol. The number of hydrogen-bond donors (Lipinski definition) is 0. The van der Waals surface area contributed by atoms with Crippen molar-refractivity contribution < 1.29 is 33.4 Å². The van der Waals surface area contributed by atoms with Crippen LogP contribution in [0.15, 0.2) is 30.3 Å². The number of ether oxygens (including phenoxy) is 3. The van der Waals surface area contributed by atoms with Gasteiger partial charge in [0, 0.05) is 6.54 Å². The standard InChI is InChI=1S/C29H44N2O7/c1-20(2)17-23(31(27(35)38-29(6,7)8)18-24(32)37-28(3,4)5)25(33)30-16-12-15-22(30)26(34)36-19-21-13-10-9-11-14-21/h9-11,13-14,20,22-23H,12,15-19H2,1-8H3/t22-,23-/m0/s1. The molecule has 1 aliphatic heterocycles. The molecule has 1 saturated heterocycles. The van der Waals surface area contributed by atoms with Gasteiger partial charge < -0.3 is 19.1 Å². The maximum absolute atomic E-state index is 14.0. The summed E-state index contributed by atoms with van der Waals surface area (Å²) in [5, 5.41) is 0. The Kier molecular flexibility index (Phi) is 10.7. The van der Waals surface area contributed by atoms with Crippen LogP contribution in [0.3, 0.4) is 0 Å². The van der Waals surface area contributed by atoms with Crippen LogP contribution in [-0.2, 0) is 35.2 Å². The predicted molar refractivity (Wildman–Crippen MR) is 143 cm³/mol. The van der Waals surface area contributed by atoms with Crippen molar-refractivity contribution in [2.45, 2.75) is 105 Å². The molecular formula is C29H44N2O7. The van der Waals surface area contributed by atoms with Crippen LogP contribution in [0, 0.1) is 5.92 Å². The minimum atomic E-state index is -1.01. The molecule has 0 unspecified atom stereocenters. The van der Waals surface area contributed by atoms with E-state index in [1.54, 1.807) is 41.5 Å². The lowest BCUT2D eigenvalue weighted by atomic mass is 10.0. The number of likely N-dealkylation sites (tertiary alicyclic amines) is 1. The molecule has 1 heterocycles. The largest absolute Gasteiger partial charge is 0.459 e. The van der Waals surface area contributed by atoms with E-state index >= 15 is 0 Å². The molecule has 1 aromatic rings. The number of amides is 2. The Labute approximate surface area is 226 Å². The Morgan fingerprint density at radius 1 is 0.974 bits per heavy atom. The Morgan fingerprint density at radius 3 is 2.13 bits per heavy atom. The summed E-state index contributed by atoms with van der Waals surface area (Å²) in [6.07, 6.45) is 0.587. The number of rotatable bonds is 9. The van der Waals surface area contributed by atoms with E-state index in [1.165, 1.54) is 4.90 Å². The molecule has 1 aromatic carbocycles. The van der Waals surface area contributed by atoms with Crippen LogP contribution < -0.4 is 0 Å². The van der Waals surface area contributed by atoms with Crippen LogP contribution in [0.5, 0.6) is 0 Å². The van der Waals surface area contributed by atoms with Crippen molar-refractivity contribution in [2.24, 2.45) is 5.92 Å². The third kappa shape index (κ3) is 9.99. The smallest absolute Gasteiger partial charge is 0.411 e. The topological polar surface area (TPSA) is 102 Å². The van der Waals surface area contributed by atoms with Crippen molar-refractivity contribution in [3.63, 3.8) is 0 Å². The fourth-order valence-corrected chi connectivity index (χ4v) is 4.24. The Morgan fingerprint density at radius 2 is 1.58 bits per heavy atom. The summed E-state index contributed by atoms with van der Waals surface area (Å²) < 4.78 is 16.6. The number of nitrogens with zero attached hydrogens (tertiary/aromatic N) is 2. The number of hydrogen-bond acceptors (Lipinski definition) is 7. The van der Waals surface area contributed by atoms with E-state index in [0.29, 0.717) is 19.4 Å². The second-order valence-electron chi connectivity index (χ2n) is 12.1. The van der Waals surface area contributed by atoms with E-state index in [1.807, 2.05) is 44.2 Å². The van der Waals surface area contributed by atoms with Gasteiger partial charge in [-0.1, -0.05) is 44.2 Å². The molecule has 1 fully saturated rings. The minimum Gasteiger partial charge on any atom is -0.459 e. The highest BCUT2D eigenvalue weighted by Crippen LogP contribution is 2.25. The molecule has 0 spiro atoms. The van der Waals surface area contributed by atoms with Gasteiger partial charge >= 0.3 is 18.0 Å². The van der Waals surface area contributed by atoms with Crippen LogP contribution in [-0.4, -0.2) is 70.1 Å². The maximum Gasteiger partial charge on any atom is 0.411 e. The SMILES string of the molecule is CC(C)C[C@@H](C(=O)N1CCC[C@H]1C(=O)OCc1ccccc1)N(CC(=O)OC(C)(C)C)C(=O)OC(C)(C)C. The summed E-state index contributed by atoms with van der Waals surface area (Å²) in [6.45, 7) is 14.2. The minimum absolute atomic E-state index is 0.0126. The molecule has 2 rings (SSSR count). The number of esters is 2. The molecule has 2 atom stereocenters.